The van der Waals surface area contributed by atoms with Crippen LogP contribution in [0.5, 0.6) is 5.75 Å². The average Bonchev–Trinajstić information content (AvgIpc) is 2.73. The van der Waals surface area contributed by atoms with E-state index in [2.05, 4.69) is 0 Å². The summed E-state index contributed by atoms with van der Waals surface area (Å²) >= 11 is 0. The van der Waals surface area contributed by atoms with Gasteiger partial charge in [0.15, 0.2) is 9.84 Å². The van der Waals surface area contributed by atoms with Gasteiger partial charge >= 0.3 is 5.97 Å². The van der Waals surface area contributed by atoms with E-state index in [-0.39, 0.29) is 22.1 Å². The number of ether oxygens (including phenoxy) is 1. The number of carboxylic acid groups (broad SMARTS) is 1. The molecule has 3 aromatic carbocycles. The minimum absolute atomic E-state index is 0.0497. The van der Waals surface area contributed by atoms with Crippen LogP contribution in [-0.2, 0) is 9.84 Å². The fraction of sp³-hybridized carbons (Fsp3) is 0.136. The number of benzene rings is 3. The van der Waals surface area contributed by atoms with Gasteiger partial charge in [0.1, 0.15) is 5.75 Å². The van der Waals surface area contributed by atoms with E-state index in [0.717, 1.165) is 11.1 Å². The Bertz CT molecular complexity index is 1040. The summed E-state index contributed by atoms with van der Waals surface area (Å²) in [6.07, 6.45) is 0. The minimum Gasteiger partial charge on any atom is -0.497 e. The summed E-state index contributed by atoms with van der Waals surface area (Å²) in [6, 6.07) is 22.1. The molecule has 0 aliphatic carbocycles. The fourth-order valence-electron chi connectivity index (χ4n) is 3.03. The van der Waals surface area contributed by atoms with Crippen molar-refractivity contribution < 1.29 is 23.1 Å². The molecule has 0 amide bonds. The lowest BCUT2D eigenvalue weighted by atomic mass is 9.93. The zero-order chi connectivity index (χ0) is 20.1. The van der Waals surface area contributed by atoms with Crippen molar-refractivity contribution in [1.82, 2.24) is 0 Å². The standard InChI is InChI=1S/C22H20O5S/c1-27-19-11-7-17(8-12-19)21(16-5-3-2-4-6-16)15-28(25,26)20-13-9-18(10-14-20)22(23)24/h2-14,21H,15H2,1H3,(H,23,24). The Kier molecular flexibility index (Phi) is 5.80. The zero-order valence-electron chi connectivity index (χ0n) is 15.3. The predicted octanol–water partition coefficient (Wildman–Crippen LogP) is 4.00. The lowest BCUT2D eigenvalue weighted by molar-refractivity contribution is 0.0696. The Morgan fingerprint density at radius 1 is 0.893 bits per heavy atom. The normalized spacial score (nSPS) is 12.3. The Morgan fingerprint density at radius 2 is 1.46 bits per heavy atom. The van der Waals surface area contributed by atoms with Gasteiger partial charge in [-0.2, -0.15) is 0 Å². The molecule has 1 N–H and O–H groups in total. The highest BCUT2D eigenvalue weighted by Gasteiger charge is 2.24. The monoisotopic (exact) mass is 396 g/mol. The molecule has 0 radical (unpaired) electrons. The molecular formula is C22H20O5S. The molecular weight excluding hydrogens is 376 g/mol. The number of carbonyl (C=O) groups is 1. The third kappa shape index (κ3) is 4.40. The van der Waals surface area contributed by atoms with Gasteiger partial charge in [-0.3, -0.25) is 0 Å². The first-order valence-electron chi connectivity index (χ1n) is 8.66. The molecule has 3 rings (SSSR count). The van der Waals surface area contributed by atoms with Crippen LogP contribution in [0.2, 0.25) is 0 Å². The number of carboxylic acids is 1. The molecule has 1 unspecified atom stereocenters. The van der Waals surface area contributed by atoms with E-state index in [1.807, 2.05) is 42.5 Å². The summed E-state index contributed by atoms with van der Waals surface area (Å²) in [5, 5.41) is 9.00. The van der Waals surface area contributed by atoms with Crippen LogP contribution in [-0.4, -0.2) is 32.4 Å². The highest BCUT2D eigenvalue weighted by molar-refractivity contribution is 7.91. The molecule has 0 fully saturated rings. The van der Waals surface area contributed by atoms with Crippen LogP contribution in [0.3, 0.4) is 0 Å². The number of rotatable bonds is 7. The van der Waals surface area contributed by atoms with Crippen molar-refractivity contribution >= 4 is 15.8 Å². The maximum Gasteiger partial charge on any atom is 0.335 e. The average molecular weight is 396 g/mol. The Labute approximate surface area is 164 Å². The zero-order valence-corrected chi connectivity index (χ0v) is 16.1. The molecule has 0 saturated carbocycles. The third-order valence-electron chi connectivity index (χ3n) is 4.57. The predicted molar refractivity (Wildman–Crippen MR) is 107 cm³/mol. The van der Waals surface area contributed by atoms with Crippen molar-refractivity contribution in [2.45, 2.75) is 10.8 Å². The molecule has 0 aromatic heterocycles. The van der Waals surface area contributed by atoms with E-state index >= 15 is 0 Å². The summed E-state index contributed by atoms with van der Waals surface area (Å²) in [4.78, 5) is 11.1. The largest absolute Gasteiger partial charge is 0.497 e. The summed E-state index contributed by atoms with van der Waals surface area (Å²) < 4.78 is 31.2. The molecule has 6 heteroatoms. The Morgan fingerprint density at radius 3 is 2.00 bits per heavy atom. The Balaban J connectivity index is 1.97. The van der Waals surface area contributed by atoms with Gasteiger partial charge in [-0.1, -0.05) is 42.5 Å². The van der Waals surface area contributed by atoms with Gasteiger partial charge in [0.25, 0.3) is 0 Å². The van der Waals surface area contributed by atoms with E-state index in [1.54, 1.807) is 19.2 Å². The molecule has 5 nitrogen and oxygen atoms in total. The summed E-state index contributed by atoms with van der Waals surface area (Å²) in [5.41, 5.74) is 1.80. The second-order valence-corrected chi connectivity index (χ2v) is 8.38. The number of hydrogen-bond donors (Lipinski definition) is 1. The molecule has 144 valence electrons. The maximum absolute atomic E-state index is 13.0. The van der Waals surface area contributed by atoms with Gasteiger partial charge in [-0.25, -0.2) is 13.2 Å². The quantitative estimate of drug-likeness (QED) is 0.653. The van der Waals surface area contributed by atoms with Crippen LogP contribution in [0.1, 0.15) is 27.4 Å². The molecule has 0 aliphatic rings. The van der Waals surface area contributed by atoms with Gasteiger partial charge in [0.2, 0.25) is 0 Å². The first kappa shape index (κ1) is 19.6. The summed E-state index contributed by atoms with van der Waals surface area (Å²) in [5.74, 6) is -0.890. The van der Waals surface area contributed by atoms with Crippen molar-refractivity contribution in [3.63, 3.8) is 0 Å². The molecule has 1 atom stereocenters. The van der Waals surface area contributed by atoms with Gasteiger partial charge in [0.05, 0.1) is 23.3 Å². The summed E-state index contributed by atoms with van der Waals surface area (Å²) in [6.45, 7) is 0. The molecule has 0 spiro atoms. The van der Waals surface area contributed by atoms with Gasteiger partial charge in [-0.05, 0) is 47.5 Å². The lowest BCUT2D eigenvalue weighted by Crippen LogP contribution is -2.16. The Hall–Kier alpha value is -3.12. The number of methoxy groups -OCH3 is 1. The van der Waals surface area contributed by atoms with Crippen LogP contribution in [0.15, 0.2) is 83.8 Å². The first-order chi connectivity index (χ1) is 13.4. The van der Waals surface area contributed by atoms with Crippen LogP contribution in [0.4, 0.5) is 0 Å². The fourth-order valence-corrected chi connectivity index (χ4v) is 4.59. The first-order valence-corrected chi connectivity index (χ1v) is 10.3. The van der Waals surface area contributed by atoms with E-state index in [0.29, 0.717) is 5.75 Å². The van der Waals surface area contributed by atoms with Crippen LogP contribution in [0.25, 0.3) is 0 Å². The topological polar surface area (TPSA) is 80.7 Å². The van der Waals surface area contributed by atoms with Gasteiger partial charge < -0.3 is 9.84 Å². The second kappa shape index (κ2) is 8.27. The maximum atomic E-state index is 13.0. The van der Waals surface area contributed by atoms with E-state index in [9.17, 15) is 13.2 Å². The van der Waals surface area contributed by atoms with Crippen molar-refractivity contribution in [2.75, 3.05) is 12.9 Å². The van der Waals surface area contributed by atoms with E-state index < -0.39 is 15.8 Å². The van der Waals surface area contributed by atoms with Crippen molar-refractivity contribution in [3.05, 3.63) is 95.6 Å². The van der Waals surface area contributed by atoms with Crippen molar-refractivity contribution in [1.29, 1.82) is 0 Å². The SMILES string of the molecule is COc1ccc(C(CS(=O)(=O)c2ccc(C(=O)O)cc2)c2ccccc2)cc1. The molecule has 0 aliphatic heterocycles. The van der Waals surface area contributed by atoms with E-state index in [1.165, 1.54) is 24.3 Å². The molecule has 28 heavy (non-hydrogen) atoms. The second-order valence-electron chi connectivity index (χ2n) is 6.35. The van der Waals surface area contributed by atoms with E-state index in [4.69, 9.17) is 9.84 Å². The minimum atomic E-state index is -3.64. The molecule has 0 heterocycles. The molecule has 3 aromatic rings. The molecule has 0 saturated heterocycles. The van der Waals surface area contributed by atoms with Crippen LogP contribution >= 0.6 is 0 Å². The number of hydrogen-bond acceptors (Lipinski definition) is 4. The lowest BCUT2D eigenvalue weighted by Gasteiger charge is -2.19. The van der Waals surface area contributed by atoms with Gasteiger partial charge in [0, 0.05) is 5.92 Å². The smallest absolute Gasteiger partial charge is 0.335 e. The summed E-state index contributed by atoms with van der Waals surface area (Å²) in [7, 11) is -2.06. The van der Waals surface area contributed by atoms with Crippen LogP contribution in [0, 0.1) is 0 Å². The van der Waals surface area contributed by atoms with Crippen molar-refractivity contribution in [3.8, 4) is 5.75 Å². The van der Waals surface area contributed by atoms with Gasteiger partial charge in [-0.15, -0.1) is 0 Å². The highest BCUT2D eigenvalue weighted by atomic mass is 32.2. The highest BCUT2D eigenvalue weighted by Crippen LogP contribution is 2.30. The third-order valence-corrected chi connectivity index (χ3v) is 6.33. The van der Waals surface area contributed by atoms with Crippen LogP contribution < -0.4 is 4.74 Å². The molecule has 0 bridgehead atoms. The number of aromatic carboxylic acids is 1. The van der Waals surface area contributed by atoms with Crippen molar-refractivity contribution in [2.24, 2.45) is 0 Å². The number of sulfone groups is 1.